The molecule has 0 radical (unpaired) electrons. The molecule has 0 saturated carbocycles. The molecule has 0 bridgehead atoms. The lowest BCUT2D eigenvalue weighted by Gasteiger charge is -2.15. The first kappa shape index (κ1) is 16.8. The Morgan fingerprint density at radius 3 is 2.65 bits per heavy atom. The first-order valence-corrected chi connectivity index (χ1v) is 7.63. The lowest BCUT2D eigenvalue weighted by atomic mass is 9.96. The minimum atomic E-state index is -0.477. The van der Waals surface area contributed by atoms with Crippen LogP contribution >= 0.6 is 0 Å². The van der Waals surface area contributed by atoms with Crippen molar-refractivity contribution in [3.05, 3.63) is 59.4 Å². The molecule has 0 spiro atoms. The Morgan fingerprint density at radius 2 is 1.96 bits per heavy atom. The Hall–Kier alpha value is -2.54. The standard InChI is InChI=1S/C19H20FNO2/c1-3-14-6-4-5-7-18(14)23-11-10-15(13-21)17-12-16(20)8-9-19(17)22-2/h4-9,12,15H,3,10-11H2,1-2H3. The van der Waals surface area contributed by atoms with Crippen molar-refractivity contribution in [3.8, 4) is 17.6 Å². The molecule has 0 aromatic heterocycles. The molecule has 0 aliphatic heterocycles. The minimum Gasteiger partial charge on any atom is -0.496 e. The molecule has 3 nitrogen and oxygen atoms in total. The van der Waals surface area contributed by atoms with Crippen LogP contribution in [0.4, 0.5) is 4.39 Å². The number of nitrogens with zero attached hydrogens (tertiary/aromatic N) is 1. The molecule has 0 saturated heterocycles. The summed E-state index contributed by atoms with van der Waals surface area (Å²) in [5, 5.41) is 9.40. The number of hydrogen-bond donors (Lipinski definition) is 0. The van der Waals surface area contributed by atoms with Crippen molar-refractivity contribution in [2.45, 2.75) is 25.7 Å². The van der Waals surface area contributed by atoms with Crippen molar-refractivity contribution in [3.63, 3.8) is 0 Å². The zero-order valence-electron chi connectivity index (χ0n) is 13.4. The van der Waals surface area contributed by atoms with Crippen LogP contribution in [0.15, 0.2) is 42.5 Å². The van der Waals surface area contributed by atoms with Crippen molar-refractivity contribution >= 4 is 0 Å². The lowest BCUT2D eigenvalue weighted by Crippen LogP contribution is -2.07. The Balaban J connectivity index is 2.06. The summed E-state index contributed by atoms with van der Waals surface area (Å²) in [5.41, 5.74) is 1.69. The van der Waals surface area contributed by atoms with E-state index in [1.807, 2.05) is 24.3 Å². The number of methoxy groups -OCH3 is 1. The number of aryl methyl sites for hydroxylation is 1. The maximum atomic E-state index is 13.5. The SMILES string of the molecule is CCc1ccccc1OCCC(C#N)c1cc(F)ccc1OC. The molecule has 2 aromatic carbocycles. The second-order valence-corrected chi connectivity index (χ2v) is 5.17. The molecular weight excluding hydrogens is 293 g/mol. The molecule has 2 aromatic rings. The van der Waals surface area contributed by atoms with Crippen LogP contribution in [-0.4, -0.2) is 13.7 Å². The molecule has 0 fully saturated rings. The third kappa shape index (κ3) is 4.23. The van der Waals surface area contributed by atoms with Crippen LogP contribution in [0, 0.1) is 17.1 Å². The summed E-state index contributed by atoms with van der Waals surface area (Å²) < 4.78 is 24.5. The fourth-order valence-corrected chi connectivity index (χ4v) is 2.49. The molecule has 120 valence electrons. The van der Waals surface area contributed by atoms with Crippen molar-refractivity contribution in [2.24, 2.45) is 0 Å². The van der Waals surface area contributed by atoms with Crippen LogP contribution in [0.1, 0.15) is 30.4 Å². The van der Waals surface area contributed by atoms with E-state index < -0.39 is 5.92 Å². The highest BCUT2D eigenvalue weighted by Gasteiger charge is 2.17. The quantitative estimate of drug-likeness (QED) is 0.757. The van der Waals surface area contributed by atoms with Crippen LogP contribution in [-0.2, 0) is 6.42 Å². The average molecular weight is 313 g/mol. The normalized spacial score (nSPS) is 11.6. The van der Waals surface area contributed by atoms with E-state index in [1.54, 1.807) is 6.07 Å². The van der Waals surface area contributed by atoms with Crippen LogP contribution in [0.3, 0.4) is 0 Å². The summed E-state index contributed by atoms with van der Waals surface area (Å²) in [7, 11) is 1.51. The molecular formula is C19H20FNO2. The third-order valence-corrected chi connectivity index (χ3v) is 3.74. The summed E-state index contributed by atoms with van der Waals surface area (Å²) in [6.07, 6.45) is 1.35. The Kier molecular flexibility index (Phi) is 5.99. The van der Waals surface area contributed by atoms with Gasteiger partial charge < -0.3 is 9.47 Å². The van der Waals surface area contributed by atoms with Gasteiger partial charge in [-0.1, -0.05) is 25.1 Å². The van der Waals surface area contributed by atoms with E-state index in [9.17, 15) is 9.65 Å². The predicted molar refractivity (Wildman–Crippen MR) is 87.2 cm³/mol. The lowest BCUT2D eigenvalue weighted by molar-refractivity contribution is 0.301. The van der Waals surface area contributed by atoms with Crippen LogP contribution in [0.25, 0.3) is 0 Å². The largest absolute Gasteiger partial charge is 0.496 e. The van der Waals surface area contributed by atoms with Gasteiger partial charge in [0.05, 0.1) is 25.7 Å². The Labute approximate surface area is 136 Å². The second kappa shape index (κ2) is 8.19. The maximum absolute atomic E-state index is 13.5. The summed E-state index contributed by atoms with van der Waals surface area (Å²) >= 11 is 0. The van der Waals surface area contributed by atoms with E-state index in [4.69, 9.17) is 9.47 Å². The van der Waals surface area contributed by atoms with E-state index in [2.05, 4.69) is 13.0 Å². The molecule has 1 unspecified atom stereocenters. The van der Waals surface area contributed by atoms with Gasteiger partial charge in [0.15, 0.2) is 0 Å². The van der Waals surface area contributed by atoms with Crippen molar-refractivity contribution in [2.75, 3.05) is 13.7 Å². The summed E-state index contributed by atoms with van der Waals surface area (Å²) in [4.78, 5) is 0. The van der Waals surface area contributed by atoms with Crippen molar-refractivity contribution in [1.29, 1.82) is 5.26 Å². The fraction of sp³-hybridized carbons (Fsp3) is 0.316. The highest BCUT2D eigenvalue weighted by Crippen LogP contribution is 2.30. The van der Waals surface area contributed by atoms with Gasteiger partial charge in [-0.3, -0.25) is 0 Å². The van der Waals surface area contributed by atoms with Gasteiger partial charge in [0.2, 0.25) is 0 Å². The monoisotopic (exact) mass is 313 g/mol. The van der Waals surface area contributed by atoms with E-state index in [1.165, 1.54) is 19.2 Å². The number of para-hydroxylation sites is 1. The maximum Gasteiger partial charge on any atom is 0.123 e. The number of ether oxygens (including phenoxy) is 2. The van der Waals surface area contributed by atoms with E-state index in [0.29, 0.717) is 24.3 Å². The third-order valence-electron chi connectivity index (χ3n) is 3.74. The molecule has 23 heavy (non-hydrogen) atoms. The summed E-state index contributed by atoms with van der Waals surface area (Å²) in [6.45, 7) is 2.45. The topological polar surface area (TPSA) is 42.2 Å². The number of hydrogen-bond acceptors (Lipinski definition) is 3. The van der Waals surface area contributed by atoms with Gasteiger partial charge in [0, 0.05) is 12.0 Å². The first-order valence-electron chi connectivity index (χ1n) is 7.63. The molecule has 0 aliphatic carbocycles. The smallest absolute Gasteiger partial charge is 0.123 e. The molecule has 1 atom stereocenters. The summed E-state index contributed by atoms with van der Waals surface area (Å²) in [6, 6.07) is 14.3. The molecule has 0 amide bonds. The van der Waals surface area contributed by atoms with Crippen LogP contribution in [0.2, 0.25) is 0 Å². The highest BCUT2D eigenvalue weighted by atomic mass is 19.1. The molecule has 0 N–H and O–H groups in total. The van der Waals surface area contributed by atoms with E-state index in [0.717, 1.165) is 17.7 Å². The molecule has 2 rings (SSSR count). The zero-order valence-corrected chi connectivity index (χ0v) is 13.4. The van der Waals surface area contributed by atoms with E-state index in [-0.39, 0.29) is 5.82 Å². The minimum absolute atomic E-state index is 0.377. The van der Waals surface area contributed by atoms with Gasteiger partial charge in [-0.05, 0) is 36.2 Å². The first-order chi connectivity index (χ1) is 11.2. The van der Waals surface area contributed by atoms with Gasteiger partial charge in [0.25, 0.3) is 0 Å². The molecule has 0 aliphatic rings. The van der Waals surface area contributed by atoms with Crippen LogP contribution < -0.4 is 9.47 Å². The van der Waals surface area contributed by atoms with Crippen molar-refractivity contribution in [1.82, 2.24) is 0 Å². The van der Waals surface area contributed by atoms with Gasteiger partial charge in [-0.2, -0.15) is 5.26 Å². The fourth-order valence-electron chi connectivity index (χ4n) is 2.49. The average Bonchev–Trinajstić information content (AvgIpc) is 2.59. The van der Waals surface area contributed by atoms with Crippen LogP contribution in [0.5, 0.6) is 11.5 Å². The highest BCUT2D eigenvalue weighted by molar-refractivity contribution is 5.39. The second-order valence-electron chi connectivity index (χ2n) is 5.17. The van der Waals surface area contributed by atoms with Gasteiger partial charge >= 0.3 is 0 Å². The van der Waals surface area contributed by atoms with Gasteiger partial charge in [-0.15, -0.1) is 0 Å². The Morgan fingerprint density at radius 1 is 1.17 bits per heavy atom. The molecule has 0 heterocycles. The van der Waals surface area contributed by atoms with E-state index >= 15 is 0 Å². The molecule has 4 heteroatoms. The number of rotatable bonds is 7. The number of nitriles is 1. The van der Waals surface area contributed by atoms with Gasteiger partial charge in [-0.25, -0.2) is 4.39 Å². The predicted octanol–water partition coefficient (Wildman–Crippen LogP) is 4.47. The number of halogens is 1. The van der Waals surface area contributed by atoms with Crippen molar-refractivity contribution < 1.29 is 13.9 Å². The summed E-state index contributed by atoms with van der Waals surface area (Å²) in [5.74, 6) is 0.498. The Bertz CT molecular complexity index is 694. The number of benzene rings is 2. The zero-order chi connectivity index (χ0) is 16.7. The van der Waals surface area contributed by atoms with Gasteiger partial charge in [0.1, 0.15) is 17.3 Å².